The van der Waals surface area contributed by atoms with Crippen molar-refractivity contribution >= 4 is 27.5 Å². The summed E-state index contributed by atoms with van der Waals surface area (Å²) < 4.78 is 6.19. The molecule has 0 aliphatic carbocycles. The van der Waals surface area contributed by atoms with E-state index in [-0.39, 0.29) is 12.0 Å². The summed E-state index contributed by atoms with van der Waals surface area (Å²) in [5.74, 6) is 1.37. The number of halogens is 2. The smallest absolute Gasteiger partial charge is 0.231 e. The Morgan fingerprint density at radius 3 is 2.80 bits per heavy atom. The average Bonchev–Trinajstić information content (AvgIpc) is 2.91. The summed E-state index contributed by atoms with van der Waals surface area (Å²) in [5, 5.41) is 8.06. The van der Waals surface area contributed by atoms with E-state index in [4.69, 9.17) is 16.1 Å². The molecular formula is C14H17BrClN3O. The number of nitrogens with zero attached hydrogens (tertiary/aromatic N) is 2. The Morgan fingerprint density at radius 1 is 1.40 bits per heavy atom. The summed E-state index contributed by atoms with van der Waals surface area (Å²) in [6, 6.07) is 5.85. The van der Waals surface area contributed by atoms with E-state index >= 15 is 0 Å². The van der Waals surface area contributed by atoms with Crippen LogP contribution in [0.4, 0.5) is 0 Å². The van der Waals surface area contributed by atoms with Crippen LogP contribution >= 0.6 is 27.5 Å². The second-order valence-electron chi connectivity index (χ2n) is 4.72. The van der Waals surface area contributed by atoms with Gasteiger partial charge in [0, 0.05) is 16.1 Å². The number of hydrogen-bond donors (Lipinski definition) is 1. The van der Waals surface area contributed by atoms with E-state index in [0.717, 1.165) is 16.6 Å². The molecular weight excluding hydrogens is 342 g/mol. The summed E-state index contributed by atoms with van der Waals surface area (Å²) in [4.78, 5) is 4.47. The van der Waals surface area contributed by atoms with Gasteiger partial charge in [-0.25, -0.2) is 0 Å². The lowest BCUT2D eigenvalue weighted by Crippen LogP contribution is -2.30. The zero-order valence-corrected chi connectivity index (χ0v) is 14.0. The van der Waals surface area contributed by atoms with Crippen molar-refractivity contribution in [3.63, 3.8) is 0 Å². The molecule has 4 nitrogen and oxygen atoms in total. The topological polar surface area (TPSA) is 51.0 Å². The minimum absolute atomic E-state index is 0.159. The quantitative estimate of drug-likeness (QED) is 0.868. The first kappa shape index (κ1) is 15.5. The molecule has 0 saturated heterocycles. The highest BCUT2D eigenvalue weighted by Gasteiger charge is 2.20. The molecule has 1 heterocycles. The SMILES string of the molecule is CCNC(C)C(C)c1nc(-c2ccc(Cl)c(Br)c2)no1. The van der Waals surface area contributed by atoms with Crippen LogP contribution in [0, 0.1) is 0 Å². The minimum atomic E-state index is 0.159. The van der Waals surface area contributed by atoms with Gasteiger partial charge in [-0.2, -0.15) is 4.98 Å². The summed E-state index contributed by atoms with van der Waals surface area (Å²) in [7, 11) is 0. The molecule has 2 atom stereocenters. The fourth-order valence-corrected chi connectivity index (χ4v) is 2.38. The highest BCUT2D eigenvalue weighted by molar-refractivity contribution is 9.10. The Hall–Kier alpha value is -0.910. The van der Waals surface area contributed by atoms with Crippen molar-refractivity contribution in [3.8, 4) is 11.4 Å². The van der Waals surface area contributed by atoms with E-state index in [9.17, 15) is 0 Å². The number of likely N-dealkylation sites (N-methyl/N-ethyl adjacent to an activating group) is 1. The van der Waals surface area contributed by atoms with Crippen LogP contribution in [0.25, 0.3) is 11.4 Å². The van der Waals surface area contributed by atoms with Crippen molar-refractivity contribution in [2.75, 3.05) is 6.54 Å². The van der Waals surface area contributed by atoms with Crippen LogP contribution in [0.3, 0.4) is 0 Å². The lowest BCUT2D eigenvalue weighted by Gasteiger charge is -2.16. The maximum absolute atomic E-state index is 5.98. The summed E-state index contributed by atoms with van der Waals surface area (Å²) in [5.41, 5.74) is 0.875. The van der Waals surface area contributed by atoms with Gasteiger partial charge in [0.05, 0.1) is 10.9 Å². The third kappa shape index (κ3) is 3.40. The molecule has 0 amide bonds. The molecule has 0 bridgehead atoms. The fourth-order valence-electron chi connectivity index (χ4n) is 1.89. The highest BCUT2D eigenvalue weighted by atomic mass is 79.9. The third-order valence-corrected chi connectivity index (χ3v) is 4.50. The van der Waals surface area contributed by atoms with Crippen LogP contribution < -0.4 is 5.32 Å². The van der Waals surface area contributed by atoms with Crippen LogP contribution in [0.2, 0.25) is 5.02 Å². The molecule has 0 aliphatic heterocycles. The van der Waals surface area contributed by atoms with Gasteiger partial charge >= 0.3 is 0 Å². The van der Waals surface area contributed by atoms with Crippen LogP contribution in [-0.4, -0.2) is 22.7 Å². The lowest BCUT2D eigenvalue weighted by atomic mass is 10.0. The van der Waals surface area contributed by atoms with E-state index in [2.05, 4.69) is 52.2 Å². The monoisotopic (exact) mass is 357 g/mol. The molecule has 1 aromatic heterocycles. The molecule has 2 rings (SSSR count). The lowest BCUT2D eigenvalue weighted by molar-refractivity contribution is 0.332. The molecule has 1 N–H and O–H groups in total. The van der Waals surface area contributed by atoms with E-state index in [1.54, 1.807) is 0 Å². The van der Waals surface area contributed by atoms with Gasteiger partial charge in [0.15, 0.2) is 0 Å². The van der Waals surface area contributed by atoms with Gasteiger partial charge in [0.2, 0.25) is 11.7 Å². The molecule has 0 saturated carbocycles. The molecule has 2 aromatic rings. The van der Waals surface area contributed by atoms with E-state index < -0.39 is 0 Å². The minimum Gasteiger partial charge on any atom is -0.339 e. The normalized spacial score (nSPS) is 14.2. The first-order chi connectivity index (χ1) is 9.52. The van der Waals surface area contributed by atoms with E-state index in [0.29, 0.717) is 16.7 Å². The molecule has 0 aliphatic rings. The Balaban J connectivity index is 2.22. The van der Waals surface area contributed by atoms with Gasteiger partial charge in [0.25, 0.3) is 0 Å². The van der Waals surface area contributed by atoms with Gasteiger partial charge < -0.3 is 9.84 Å². The largest absolute Gasteiger partial charge is 0.339 e. The van der Waals surface area contributed by atoms with Crippen LogP contribution in [0.1, 0.15) is 32.6 Å². The van der Waals surface area contributed by atoms with Crippen molar-refractivity contribution in [1.82, 2.24) is 15.5 Å². The van der Waals surface area contributed by atoms with Gasteiger partial charge in [-0.3, -0.25) is 0 Å². The second-order valence-corrected chi connectivity index (χ2v) is 5.98. The molecule has 6 heteroatoms. The van der Waals surface area contributed by atoms with Crippen molar-refractivity contribution in [3.05, 3.63) is 33.6 Å². The maximum Gasteiger partial charge on any atom is 0.231 e. The molecule has 0 radical (unpaired) electrons. The number of benzene rings is 1. The Labute approximate surface area is 132 Å². The molecule has 2 unspecified atom stereocenters. The Bertz CT molecular complexity index is 588. The zero-order valence-electron chi connectivity index (χ0n) is 11.7. The number of rotatable bonds is 5. The van der Waals surface area contributed by atoms with Crippen molar-refractivity contribution in [2.45, 2.75) is 32.7 Å². The van der Waals surface area contributed by atoms with E-state index in [1.165, 1.54) is 0 Å². The average molecular weight is 359 g/mol. The molecule has 0 fully saturated rings. The first-order valence-electron chi connectivity index (χ1n) is 6.55. The number of aromatic nitrogens is 2. The zero-order chi connectivity index (χ0) is 14.7. The van der Waals surface area contributed by atoms with Crippen molar-refractivity contribution in [1.29, 1.82) is 0 Å². The first-order valence-corrected chi connectivity index (χ1v) is 7.72. The van der Waals surface area contributed by atoms with Crippen molar-refractivity contribution in [2.24, 2.45) is 0 Å². The van der Waals surface area contributed by atoms with Gasteiger partial charge in [-0.15, -0.1) is 0 Å². The second kappa shape index (κ2) is 6.70. The standard InChI is InChI=1S/C14H17BrClN3O/c1-4-17-9(3)8(2)14-18-13(19-20-14)10-5-6-12(16)11(15)7-10/h5-9,17H,4H2,1-3H3. The highest BCUT2D eigenvalue weighted by Crippen LogP contribution is 2.28. The van der Waals surface area contributed by atoms with Crippen LogP contribution in [-0.2, 0) is 0 Å². The Morgan fingerprint density at radius 2 is 2.15 bits per heavy atom. The summed E-state index contributed by atoms with van der Waals surface area (Å²) in [6.07, 6.45) is 0. The van der Waals surface area contributed by atoms with Crippen LogP contribution in [0.15, 0.2) is 27.2 Å². The van der Waals surface area contributed by atoms with E-state index in [1.807, 2.05) is 18.2 Å². The molecule has 0 spiro atoms. The third-order valence-electron chi connectivity index (χ3n) is 3.29. The molecule has 20 heavy (non-hydrogen) atoms. The number of nitrogens with one attached hydrogen (secondary N) is 1. The van der Waals surface area contributed by atoms with Gasteiger partial charge in [-0.05, 0) is 47.6 Å². The van der Waals surface area contributed by atoms with Gasteiger partial charge in [-0.1, -0.05) is 30.6 Å². The van der Waals surface area contributed by atoms with Crippen LogP contribution in [0.5, 0.6) is 0 Å². The van der Waals surface area contributed by atoms with Crippen molar-refractivity contribution < 1.29 is 4.52 Å². The number of hydrogen-bond acceptors (Lipinski definition) is 4. The Kier molecular flexibility index (Phi) is 5.18. The predicted octanol–water partition coefficient (Wildman–Crippen LogP) is 4.25. The molecule has 1 aromatic carbocycles. The molecule has 108 valence electrons. The maximum atomic E-state index is 5.98. The summed E-state index contributed by atoms with van der Waals surface area (Å²) >= 11 is 9.38. The van der Waals surface area contributed by atoms with Gasteiger partial charge in [0.1, 0.15) is 0 Å². The predicted molar refractivity (Wildman–Crippen MR) is 84.0 cm³/mol. The fraction of sp³-hybridized carbons (Fsp3) is 0.429. The summed E-state index contributed by atoms with van der Waals surface area (Å²) in [6.45, 7) is 7.17.